The third-order valence-corrected chi connectivity index (χ3v) is 10.8. The van der Waals surface area contributed by atoms with E-state index < -0.39 is 8.32 Å². The molecule has 2 fully saturated rings. The molecule has 1 aliphatic heterocycles. The number of carbonyl (C=O) groups excluding carboxylic acids is 1. The maximum atomic E-state index is 12.6. The third kappa shape index (κ3) is 2.94. The van der Waals surface area contributed by atoms with Crippen LogP contribution in [0.3, 0.4) is 0 Å². The van der Waals surface area contributed by atoms with Gasteiger partial charge >= 0.3 is 0 Å². The molecule has 0 N–H and O–H groups in total. The Morgan fingerprint density at radius 3 is 2.33 bits per heavy atom. The number of hydrogen-bond acceptors (Lipinski definition) is 2. The Bertz CT molecular complexity index is 416. The summed E-state index contributed by atoms with van der Waals surface area (Å²) in [6, 6.07) is 0. The molecule has 0 bridgehead atoms. The molecule has 3 nitrogen and oxygen atoms in total. The van der Waals surface area contributed by atoms with Crippen molar-refractivity contribution in [3.8, 4) is 0 Å². The van der Waals surface area contributed by atoms with Gasteiger partial charge in [0.2, 0.25) is 5.91 Å². The van der Waals surface area contributed by atoms with Crippen molar-refractivity contribution in [1.29, 1.82) is 0 Å². The molecule has 0 aromatic heterocycles. The van der Waals surface area contributed by atoms with E-state index in [2.05, 4.69) is 47.7 Å². The van der Waals surface area contributed by atoms with Gasteiger partial charge in [-0.15, -0.1) is 0 Å². The zero-order chi connectivity index (χ0) is 16.2. The van der Waals surface area contributed by atoms with E-state index in [9.17, 15) is 4.79 Å². The summed E-state index contributed by atoms with van der Waals surface area (Å²) in [6.07, 6.45) is 1.33. The van der Waals surface area contributed by atoms with Crippen LogP contribution >= 0.6 is 0 Å². The van der Waals surface area contributed by atoms with Crippen molar-refractivity contribution in [3.63, 3.8) is 0 Å². The van der Waals surface area contributed by atoms with Crippen molar-refractivity contribution < 1.29 is 9.22 Å². The van der Waals surface area contributed by atoms with E-state index in [1.807, 2.05) is 11.9 Å². The van der Waals surface area contributed by atoms with Gasteiger partial charge in [-0.05, 0) is 42.3 Å². The number of hydrogen-bond donors (Lipinski definition) is 0. The van der Waals surface area contributed by atoms with Crippen LogP contribution in [0, 0.1) is 23.7 Å². The quantitative estimate of drug-likeness (QED) is 0.727. The van der Waals surface area contributed by atoms with Crippen molar-refractivity contribution in [2.45, 2.75) is 65.3 Å². The fraction of sp³-hybridized carbons (Fsp3) is 0.941. The molecule has 0 aromatic rings. The zero-order valence-electron chi connectivity index (χ0n) is 15.1. The molecule has 1 amide bonds. The van der Waals surface area contributed by atoms with Crippen molar-refractivity contribution in [1.82, 2.24) is 4.90 Å². The molecule has 2 rings (SSSR count). The lowest BCUT2D eigenvalue weighted by Crippen LogP contribution is -2.48. The molecule has 0 spiro atoms. The number of piperidine rings is 1. The summed E-state index contributed by atoms with van der Waals surface area (Å²) in [5.74, 6) is 1.97. The average Bonchev–Trinajstić information content (AvgIpc) is 2.63. The van der Waals surface area contributed by atoms with Gasteiger partial charge in [-0.1, -0.05) is 34.6 Å². The molecule has 21 heavy (non-hydrogen) atoms. The van der Waals surface area contributed by atoms with Crippen molar-refractivity contribution in [2.75, 3.05) is 13.6 Å². The van der Waals surface area contributed by atoms with Crippen LogP contribution in [-0.2, 0) is 9.22 Å². The summed E-state index contributed by atoms with van der Waals surface area (Å²) >= 11 is 0. The molecule has 1 saturated carbocycles. The number of likely N-dealkylation sites (tertiary alicyclic amines) is 1. The molecule has 0 aromatic carbocycles. The first-order valence-corrected chi connectivity index (χ1v) is 11.3. The normalized spacial score (nSPS) is 37.8. The Kier molecular flexibility index (Phi) is 4.35. The molecule has 1 heterocycles. The molecular weight excluding hydrogens is 278 g/mol. The highest BCUT2D eigenvalue weighted by Gasteiger charge is 2.52. The number of fused-ring (bicyclic) bond motifs is 1. The van der Waals surface area contributed by atoms with E-state index in [-0.39, 0.29) is 17.1 Å². The van der Waals surface area contributed by atoms with Crippen LogP contribution in [0.5, 0.6) is 0 Å². The molecule has 5 atom stereocenters. The highest BCUT2D eigenvalue weighted by molar-refractivity contribution is 6.74. The molecule has 1 saturated heterocycles. The van der Waals surface area contributed by atoms with E-state index >= 15 is 0 Å². The van der Waals surface area contributed by atoms with E-state index in [1.54, 1.807) is 0 Å². The maximum Gasteiger partial charge on any atom is 0.226 e. The molecule has 2 aliphatic rings. The predicted molar refractivity (Wildman–Crippen MR) is 89.6 cm³/mol. The monoisotopic (exact) mass is 311 g/mol. The number of amides is 1. The van der Waals surface area contributed by atoms with Crippen LogP contribution in [-0.4, -0.2) is 38.8 Å². The summed E-state index contributed by atoms with van der Waals surface area (Å²) in [5, 5.41) is 0.229. The molecule has 0 unspecified atom stereocenters. The number of carbonyl (C=O) groups is 1. The van der Waals surface area contributed by atoms with Crippen LogP contribution in [0.1, 0.15) is 41.0 Å². The zero-order valence-corrected chi connectivity index (χ0v) is 16.1. The van der Waals surface area contributed by atoms with Crippen molar-refractivity contribution in [3.05, 3.63) is 0 Å². The van der Waals surface area contributed by atoms with Gasteiger partial charge in [0, 0.05) is 25.6 Å². The summed E-state index contributed by atoms with van der Waals surface area (Å²) < 4.78 is 6.67. The lowest BCUT2D eigenvalue weighted by atomic mass is 9.78. The van der Waals surface area contributed by atoms with Gasteiger partial charge in [0.15, 0.2) is 8.32 Å². The van der Waals surface area contributed by atoms with Crippen LogP contribution in [0.15, 0.2) is 0 Å². The Balaban J connectivity index is 2.17. The second-order valence-corrected chi connectivity index (χ2v) is 13.7. The van der Waals surface area contributed by atoms with Crippen LogP contribution in [0.4, 0.5) is 0 Å². The number of nitrogens with zero attached hydrogens (tertiary/aromatic N) is 1. The van der Waals surface area contributed by atoms with Gasteiger partial charge in [0.1, 0.15) is 0 Å². The minimum atomic E-state index is -1.76. The van der Waals surface area contributed by atoms with Gasteiger partial charge in [-0.25, -0.2) is 0 Å². The van der Waals surface area contributed by atoms with E-state index in [0.717, 1.165) is 13.0 Å². The first-order chi connectivity index (χ1) is 9.45. The third-order valence-electron chi connectivity index (χ3n) is 6.32. The molecule has 1 aliphatic carbocycles. The van der Waals surface area contributed by atoms with Gasteiger partial charge in [0.25, 0.3) is 0 Å². The van der Waals surface area contributed by atoms with Gasteiger partial charge in [-0.2, -0.15) is 0 Å². The molecule has 122 valence electrons. The van der Waals surface area contributed by atoms with E-state index in [4.69, 9.17) is 4.43 Å². The van der Waals surface area contributed by atoms with Crippen molar-refractivity contribution >= 4 is 14.2 Å². The van der Waals surface area contributed by atoms with Crippen molar-refractivity contribution in [2.24, 2.45) is 23.7 Å². The Hall–Kier alpha value is -0.353. The van der Waals surface area contributed by atoms with Crippen LogP contribution in [0.2, 0.25) is 18.1 Å². The molecule has 0 radical (unpaired) electrons. The first kappa shape index (κ1) is 17.0. The summed E-state index contributed by atoms with van der Waals surface area (Å²) in [5.41, 5.74) is 0. The van der Waals surface area contributed by atoms with Gasteiger partial charge in [-0.3, -0.25) is 4.79 Å². The summed E-state index contributed by atoms with van der Waals surface area (Å²) in [7, 11) is 0.186. The van der Waals surface area contributed by atoms with Crippen LogP contribution < -0.4 is 0 Å². The minimum Gasteiger partial charge on any atom is -0.414 e. The fourth-order valence-electron chi connectivity index (χ4n) is 3.87. The van der Waals surface area contributed by atoms with E-state index in [0.29, 0.717) is 23.7 Å². The standard InChI is InChI=1S/C17H33NO2Si/c1-11-10-18(6)16(19)15-12(2)14(9-13(11)15)20-21(7,8)17(3,4)5/h11-15H,9-10H2,1-8H3/t11-,12+,13-,14-,15-/m0/s1. The average molecular weight is 312 g/mol. The highest BCUT2D eigenvalue weighted by atomic mass is 28.4. The maximum absolute atomic E-state index is 12.6. The van der Waals surface area contributed by atoms with Gasteiger partial charge < -0.3 is 9.33 Å². The smallest absolute Gasteiger partial charge is 0.226 e. The summed E-state index contributed by atoms with van der Waals surface area (Å²) in [6.45, 7) is 16.9. The SMILES string of the molecule is C[C@H]1[C@@H]2C(=O)N(C)C[C@H](C)[C@@H]2C[C@@H]1O[Si](C)(C)C(C)(C)C. The topological polar surface area (TPSA) is 29.5 Å². The largest absolute Gasteiger partial charge is 0.414 e. The lowest BCUT2D eigenvalue weighted by molar-refractivity contribution is -0.142. The molecular formula is C17H33NO2Si. The second kappa shape index (κ2) is 5.38. The summed E-state index contributed by atoms with van der Waals surface area (Å²) in [4.78, 5) is 14.5. The fourth-order valence-corrected chi connectivity index (χ4v) is 5.29. The lowest BCUT2D eigenvalue weighted by Gasteiger charge is -2.40. The van der Waals surface area contributed by atoms with Crippen LogP contribution in [0.25, 0.3) is 0 Å². The molecule has 4 heteroatoms. The minimum absolute atomic E-state index is 0.175. The van der Waals surface area contributed by atoms with E-state index in [1.165, 1.54) is 0 Å². The first-order valence-electron chi connectivity index (χ1n) is 8.38. The predicted octanol–water partition coefficient (Wildman–Crippen LogP) is 3.76. The Morgan fingerprint density at radius 1 is 1.24 bits per heavy atom. The Morgan fingerprint density at radius 2 is 1.81 bits per heavy atom. The number of rotatable bonds is 2. The van der Waals surface area contributed by atoms with Gasteiger partial charge in [0.05, 0.1) is 0 Å². The Labute approximate surface area is 131 Å². The highest BCUT2D eigenvalue weighted by Crippen LogP contribution is 2.48. The second-order valence-electron chi connectivity index (χ2n) is 8.90.